The molecule has 7 nitrogen and oxygen atoms in total. The first-order valence-corrected chi connectivity index (χ1v) is 5.92. The van der Waals surface area contributed by atoms with Gasteiger partial charge in [-0.05, 0) is 6.92 Å². The van der Waals surface area contributed by atoms with Crippen molar-refractivity contribution >= 4 is 11.7 Å². The second-order valence-electron chi connectivity index (χ2n) is 3.93. The summed E-state index contributed by atoms with van der Waals surface area (Å²) in [5, 5.41) is 10.7. The third-order valence-electron chi connectivity index (χ3n) is 2.42. The lowest BCUT2D eigenvalue weighted by Gasteiger charge is -2.15. The number of aromatic nitrogens is 1. The Morgan fingerprint density at radius 2 is 2.04 bits per heavy atom. The number of rotatable bonds is 6. The normalized spacial score (nSPS) is 11.4. The number of carbonyl (C=O) groups excluding carboxylic acids is 1. The molecule has 0 bridgehead atoms. The van der Waals surface area contributed by atoms with E-state index in [-0.39, 0.29) is 12.8 Å². The van der Waals surface area contributed by atoms with Crippen LogP contribution in [0.15, 0.2) is 6.20 Å². The van der Waals surface area contributed by atoms with Crippen LogP contribution in [-0.2, 0) is 16.0 Å². The van der Waals surface area contributed by atoms with Crippen LogP contribution in [-0.4, -0.2) is 28.8 Å². The maximum atomic E-state index is 13.1. The van der Waals surface area contributed by atoms with E-state index in [1.807, 2.05) is 0 Å². The number of pyridine rings is 1. The number of nitrogens with zero attached hydrogens (tertiary/aromatic N) is 2. The van der Waals surface area contributed by atoms with Gasteiger partial charge >= 0.3 is 12.3 Å². The Hall–Kier alpha value is -2.53. The molecule has 0 saturated heterocycles. The van der Waals surface area contributed by atoms with Gasteiger partial charge in [-0.2, -0.15) is 0 Å². The fourth-order valence-electron chi connectivity index (χ4n) is 1.65. The predicted molar refractivity (Wildman–Crippen MR) is 62.9 cm³/mol. The summed E-state index contributed by atoms with van der Waals surface area (Å²) in [6.45, 7) is 1.21. The second kappa shape index (κ2) is 7.15. The van der Waals surface area contributed by atoms with Crippen LogP contribution >= 0.6 is 0 Å². The fraction of sp³-hybridized carbons (Fsp3) is 0.455. The molecule has 23 heavy (non-hydrogen) atoms. The number of halogens is 5. The molecule has 1 rings (SSSR count). The van der Waals surface area contributed by atoms with Crippen molar-refractivity contribution in [2.45, 2.75) is 26.1 Å². The van der Waals surface area contributed by atoms with Crippen molar-refractivity contribution in [1.29, 1.82) is 0 Å². The Labute approximate surface area is 125 Å². The van der Waals surface area contributed by atoms with Crippen LogP contribution in [0.3, 0.4) is 0 Å². The molecule has 0 unspecified atom stereocenters. The maximum Gasteiger partial charge on any atom is 0.574 e. The van der Waals surface area contributed by atoms with Gasteiger partial charge in [0, 0.05) is 5.56 Å². The topological polar surface area (TPSA) is 91.6 Å². The predicted octanol–water partition coefficient (Wildman–Crippen LogP) is 2.93. The van der Waals surface area contributed by atoms with Crippen molar-refractivity contribution < 1.29 is 41.1 Å². The summed E-state index contributed by atoms with van der Waals surface area (Å²) in [6, 6.07) is 0. The van der Waals surface area contributed by atoms with Crippen LogP contribution in [0.25, 0.3) is 0 Å². The van der Waals surface area contributed by atoms with Crippen molar-refractivity contribution in [2.75, 3.05) is 6.61 Å². The summed E-state index contributed by atoms with van der Waals surface area (Å²) in [6.07, 6.45) is -9.70. The van der Waals surface area contributed by atoms with E-state index in [4.69, 9.17) is 0 Å². The molecule has 0 N–H and O–H groups in total. The molecule has 0 aliphatic rings. The van der Waals surface area contributed by atoms with E-state index in [1.54, 1.807) is 0 Å². The zero-order chi connectivity index (χ0) is 17.8. The van der Waals surface area contributed by atoms with Gasteiger partial charge in [0.15, 0.2) is 0 Å². The number of ether oxygens (including phenoxy) is 2. The summed E-state index contributed by atoms with van der Waals surface area (Å²) in [5.41, 5.74) is -3.66. The van der Waals surface area contributed by atoms with Gasteiger partial charge in [0.05, 0.1) is 18.0 Å². The Morgan fingerprint density at radius 3 is 2.48 bits per heavy atom. The van der Waals surface area contributed by atoms with E-state index in [9.17, 15) is 36.9 Å². The van der Waals surface area contributed by atoms with Crippen LogP contribution in [0.2, 0.25) is 0 Å². The van der Waals surface area contributed by atoms with Crippen LogP contribution in [0.1, 0.15) is 24.5 Å². The molecule has 0 amide bonds. The number of carbonyl (C=O) groups is 1. The monoisotopic (exact) mass is 344 g/mol. The van der Waals surface area contributed by atoms with Gasteiger partial charge < -0.3 is 9.47 Å². The number of hydrogen-bond acceptors (Lipinski definition) is 6. The zero-order valence-corrected chi connectivity index (χ0v) is 11.4. The molecule has 1 aromatic heterocycles. The highest BCUT2D eigenvalue weighted by atomic mass is 19.4. The Kier molecular flexibility index (Phi) is 5.76. The Morgan fingerprint density at radius 1 is 1.43 bits per heavy atom. The van der Waals surface area contributed by atoms with E-state index < -0.39 is 52.8 Å². The van der Waals surface area contributed by atoms with Crippen molar-refractivity contribution in [3.05, 3.63) is 27.4 Å². The number of esters is 1. The second-order valence-corrected chi connectivity index (χ2v) is 3.93. The molecule has 0 aromatic carbocycles. The third kappa shape index (κ3) is 5.00. The minimum atomic E-state index is -5.29. The Bertz CT molecular complexity index is 605. The van der Waals surface area contributed by atoms with Gasteiger partial charge in [0.25, 0.3) is 12.1 Å². The van der Waals surface area contributed by atoms with E-state index in [0.29, 0.717) is 0 Å². The highest BCUT2D eigenvalue weighted by Crippen LogP contribution is 2.37. The van der Waals surface area contributed by atoms with Crippen molar-refractivity contribution in [3.8, 4) is 5.88 Å². The minimum Gasteiger partial charge on any atom is -0.466 e. The first kappa shape index (κ1) is 18.5. The van der Waals surface area contributed by atoms with Gasteiger partial charge in [-0.15, -0.1) is 13.2 Å². The van der Waals surface area contributed by atoms with Crippen LogP contribution in [0.4, 0.5) is 27.6 Å². The van der Waals surface area contributed by atoms with Gasteiger partial charge in [-0.1, -0.05) is 0 Å². The molecular weight excluding hydrogens is 335 g/mol. The lowest BCUT2D eigenvalue weighted by atomic mass is 10.1. The lowest BCUT2D eigenvalue weighted by Crippen LogP contribution is -2.21. The summed E-state index contributed by atoms with van der Waals surface area (Å²) < 4.78 is 71.0. The highest BCUT2D eigenvalue weighted by Gasteiger charge is 2.37. The third-order valence-corrected chi connectivity index (χ3v) is 2.42. The van der Waals surface area contributed by atoms with Gasteiger partial charge in [-0.25, -0.2) is 13.8 Å². The Balaban J connectivity index is 3.49. The molecule has 0 spiro atoms. The lowest BCUT2D eigenvalue weighted by molar-refractivity contribution is -0.386. The molecule has 0 aliphatic heterocycles. The molecule has 0 fully saturated rings. The summed E-state index contributed by atoms with van der Waals surface area (Å²) in [4.78, 5) is 23.9. The maximum absolute atomic E-state index is 13.1. The number of nitro groups is 1. The van der Waals surface area contributed by atoms with Gasteiger partial charge in [-0.3, -0.25) is 14.9 Å². The molecule has 0 atom stereocenters. The van der Waals surface area contributed by atoms with Gasteiger partial charge in [0.2, 0.25) is 5.88 Å². The summed E-state index contributed by atoms with van der Waals surface area (Å²) in [5.74, 6) is -2.53. The minimum absolute atomic E-state index is 0.166. The molecule has 1 aromatic rings. The first-order chi connectivity index (χ1) is 10.6. The average Bonchev–Trinajstić information content (AvgIpc) is 2.38. The fourth-order valence-corrected chi connectivity index (χ4v) is 1.65. The molecule has 12 heteroatoms. The summed E-state index contributed by atoms with van der Waals surface area (Å²) >= 11 is 0. The molecule has 1 heterocycles. The molecule has 0 aliphatic carbocycles. The largest absolute Gasteiger partial charge is 0.574 e. The molecule has 0 radical (unpaired) electrons. The van der Waals surface area contributed by atoms with E-state index >= 15 is 0 Å². The molecule has 128 valence electrons. The van der Waals surface area contributed by atoms with Crippen molar-refractivity contribution in [3.63, 3.8) is 0 Å². The molecule has 0 saturated carbocycles. The van der Waals surface area contributed by atoms with Crippen LogP contribution in [0.5, 0.6) is 5.88 Å². The number of hydrogen-bond donors (Lipinski definition) is 0. The zero-order valence-electron chi connectivity index (χ0n) is 11.4. The van der Waals surface area contributed by atoms with Crippen LogP contribution in [0, 0.1) is 10.1 Å². The smallest absolute Gasteiger partial charge is 0.466 e. The van der Waals surface area contributed by atoms with Crippen molar-refractivity contribution in [1.82, 2.24) is 4.98 Å². The number of alkyl halides is 5. The van der Waals surface area contributed by atoms with E-state index in [0.717, 1.165) is 0 Å². The van der Waals surface area contributed by atoms with E-state index in [1.165, 1.54) is 6.92 Å². The first-order valence-electron chi connectivity index (χ1n) is 5.92. The van der Waals surface area contributed by atoms with E-state index in [2.05, 4.69) is 14.5 Å². The standard InChI is InChI=1S/C11H9F5N2O5/c1-2-22-7(19)3-5-8(9(12)13)6(18(20)21)4-17-10(5)23-11(14,15)16/h4,9H,2-3H2,1H3. The average molecular weight is 344 g/mol. The summed E-state index contributed by atoms with van der Waals surface area (Å²) in [7, 11) is 0. The van der Waals surface area contributed by atoms with Crippen LogP contribution < -0.4 is 4.74 Å². The quantitative estimate of drug-likeness (QED) is 0.341. The highest BCUT2D eigenvalue weighted by molar-refractivity contribution is 5.74. The van der Waals surface area contributed by atoms with Gasteiger partial charge in [0.1, 0.15) is 11.8 Å². The molecular formula is C11H9F5N2O5. The van der Waals surface area contributed by atoms with Crippen molar-refractivity contribution in [2.24, 2.45) is 0 Å². The SMILES string of the molecule is CCOC(=O)Cc1c(OC(F)(F)F)ncc([N+](=O)[O-])c1C(F)F.